The molecule has 2 aliphatic carbocycles. The normalized spacial score (nSPS) is 31.5. The summed E-state index contributed by atoms with van der Waals surface area (Å²) in [5.41, 5.74) is 2.37. The molecule has 2 aliphatic heterocycles. The second kappa shape index (κ2) is 10.3. The topological polar surface area (TPSA) is 95.3 Å². The lowest BCUT2D eigenvalue weighted by atomic mass is 9.89. The van der Waals surface area contributed by atoms with Crippen molar-refractivity contribution in [3.63, 3.8) is 0 Å². The Bertz CT molecular complexity index is 1060. The Labute approximate surface area is 214 Å². The third-order valence-corrected chi connectivity index (χ3v) is 9.28. The molecule has 2 saturated heterocycles. The van der Waals surface area contributed by atoms with Crippen LogP contribution in [0.25, 0.3) is 11.0 Å². The van der Waals surface area contributed by atoms with E-state index in [-0.39, 0.29) is 12.1 Å². The fourth-order valence-corrected chi connectivity index (χ4v) is 6.80. The molecule has 4 aliphatic rings. The standard InChI is InChI=1S/C28H42N6O2/c1-2-18-15-25(18)31-28-30-16-22-23(17-34(26(22)32-28)20-6-8-21(35)9-7-20)19-10-13-33(14-11-19)27(36)24-5-3-4-12-29-24/h16-21,24-25,29,35H,2-15H2,1H3,(H,30,31,32)/t18-,20?,21?,24-,25-/m1/s1. The van der Waals surface area contributed by atoms with Gasteiger partial charge in [0.25, 0.3) is 0 Å². The van der Waals surface area contributed by atoms with Crippen LogP contribution in [-0.2, 0) is 4.79 Å². The average Bonchev–Trinajstić information content (AvgIpc) is 3.58. The molecule has 0 unspecified atom stereocenters. The predicted molar refractivity (Wildman–Crippen MR) is 141 cm³/mol. The number of fused-ring (bicyclic) bond motifs is 1. The Balaban J connectivity index is 1.22. The van der Waals surface area contributed by atoms with E-state index in [4.69, 9.17) is 9.97 Å². The highest BCUT2D eigenvalue weighted by Gasteiger charge is 2.36. The first-order chi connectivity index (χ1) is 17.6. The summed E-state index contributed by atoms with van der Waals surface area (Å²) in [5.74, 6) is 2.19. The molecule has 196 valence electrons. The van der Waals surface area contributed by atoms with Gasteiger partial charge in [-0.05, 0) is 81.7 Å². The maximum absolute atomic E-state index is 13.0. The molecule has 4 fully saturated rings. The summed E-state index contributed by atoms with van der Waals surface area (Å²) in [6, 6.07) is 0.883. The molecule has 2 aromatic rings. The number of piperidine rings is 2. The molecular weight excluding hydrogens is 452 g/mol. The number of hydrogen-bond donors (Lipinski definition) is 3. The van der Waals surface area contributed by atoms with Crippen LogP contribution < -0.4 is 10.6 Å². The Morgan fingerprint density at radius 3 is 2.64 bits per heavy atom. The zero-order valence-corrected chi connectivity index (χ0v) is 21.7. The van der Waals surface area contributed by atoms with E-state index in [0.29, 0.717) is 23.9 Å². The van der Waals surface area contributed by atoms with E-state index in [9.17, 15) is 9.90 Å². The Kier molecular flexibility index (Phi) is 6.90. The minimum Gasteiger partial charge on any atom is -0.393 e. The van der Waals surface area contributed by atoms with Crippen LogP contribution >= 0.6 is 0 Å². The molecule has 0 radical (unpaired) electrons. The number of hydrogen-bond acceptors (Lipinski definition) is 6. The summed E-state index contributed by atoms with van der Waals surface area (Å²) < 4.78 is 2.39. The van der Waals surface area contributed by atoms with E-state index >= 15 is 0 Å². The van der Waals surface area contributed by atoms with Crippen molar-refractivity contribution < 1.29 is 9.90 Å². The molecule has 3 N–H and O–H groups in total. The van der Waals surface area contributed by atoms with Crippen molar-refractivity contribution in [3.8, 4) is 0 Å². The minimum atomic E-state index is -0.171. The molecule has 1 amide bonds. The van der Waals surface area contributed by atoms with Gasteiger partial charge in [-0.25, -0.2) is 4.98 Å². The van der Waals surface area contributed by atoms with Gasteiger partial charge in [0.05, 0.1) is 12.1 Å². The molecule has 8 nitrogen and oxygen atoms in total. The lowest BCUT2D eigenvalue weighted by molar-refractivity contribution is -0.135. The van der Waals surface area contributed by atoms with E-state index < -0.39 is 0 Å². The first-order valence-electron chi connectivity index (χ1n) is 14.4. The third kappa shape index (κ3) is 4.86. The van der Waals surface area contributed by atoms with Gasteiger partial charge in [-0.2, -0.15) is 4.98 Å². The molecule has 2 aromatic heterocycles. The molecule has 0 aromatic carbocycles. The number of anilines is 1. The number of carbonyl (C=O) groups is 1. The molecular formula is C28H42N6O2. The smallest absolute Gasteiger partial charge is 0.239 e. The maximum Gasteiger partial charge on any atom is 0.239 e. The van der Waals surface area contributed by atoms with E-state index in [0.717, 1.165) is 93.9 Å². The number of aliphatic hydroxyl groups excluding tert-OH is 1. The SMILES string of the molecule is CC[C@@H]1C[C@H]1Nc1ncc2c(C3CCN(C(=O)[C@H]4CCCCN4)CC3)cn(C3CCC(O)CC3)c2n1. The van der Waals surface area contributed by atoms with Crippen LogP contribution in [0.2, 0.25) is 0 Å². The highest BCUT2D eigenvalue weighted by Crippen LogP contribution is 2.39. The Morgan fingerprint density at radius 2 is 1.94 bits per heavy atom. The third-order valence-electron chi connectivity index (χ3n) is 9.28. The summed E-state index contributed by atoms with van der Waals surface area (Å²) >= 11 is 0. The summed E-state index contributed by atoms with van der Waals surface area (Å²) in [6.07, 6.45) is 15.5. The van der Waals surface area contributed by atoms with Crippen LogP contribution in [0, 0.1) is 5.92 Å². The second-order valence-corrected chi connectivity index (χ2v) is 11.6. The average molecular weight is 495 g/mol. The summed E-state index contributed by atoms with van der Waals surface area (Å²) in [5, 5.41) is 18.2. The predicted octanol–water partition coefficient (Wildman–Crippen LogP) is 3.97. The molecule has 3 atom stereocenters. The van der Waals surface area contributed by atoms with Crippen LogP contribution in [0.5, 0.6) is 0 Å². The van der Waals surface area contributed by atoms with Crippen LogP contribution in [0.4, 0.5) is 5.95 Å². The molecule has 6 rings (SSSR count). The molecule has 0 bridgehead atoms. The molecule has 0 spiro atoms. The fourth-order valence-electron chi connectivity index (χ4n) is 6.80. The first-order valence-corrected chi connectivity index (χ1v) is 14.4. The Hall–Kier alpha value is -2.19. The number of nitrogens with one attached hydrogen (secondary N) is 2. The highest BCUT2D eigenvalue weighted by molar-refractivity contribution is 5.83. The van der Waals surface area contributed by atoms with Gasteiger partial charge in [0.15, 0.2) is 0 Å². The van der Waals surface area contributed by atoms with Crippen molar-refractivity contribution in [2.75, 3.05) is 25.0 Å². The fraction of sp³-hybridized carbons (Fsp3) is 0.750. The number of likely N-dealkylation sites (tertiary alicyclic amines) is 1. The maximum atomic E-state index is 13.0. The number of amides is 1. The zero-order chi connectivity index (χ0) is 24.6. The van der Waals surface area contributed by atoms with Crippen LogP contribution in [0.15, 0.2) is 12.4 Å². The van der Waals surface area contributed by atoms with Gasteiger partial charge in [0.1, 0.15) is 5.65 Å². The molecule has 2 saturated carbocycles. The number of nitrogens with zero attached hydrogens (tertiary/aromatic N) is 4. The van der Waals surface area contributed by atoms with Gasteiger partial charge in [0, 0.05) is 43.0 Å². The number of aromatic nitrogens is 3. The minimum absolute atomic E-state index is 0.0111. The molecule has 36 heavy (non-hydrogen) atoms. The van der Waals surface area contributed by atoms with Crippen molar-refractivity contribution in [1.29, 1.82) is 0 Å². The number of carbonyl (C=O) groups excluding carboxylic acids is 1. The first kappa shape index (κ1) is 24.2. The highest BCUT2D eigenvalue weighted by atomic mass is 16.3. The summed E-state index contributed by atoms with van der Waals surface area (Å²) in [4.78, 5) is 24.9. The monoisotopic (exact) mass is 494 g/mol. The largest absolute Gasteiger partial charge is 0.393 e. The quantitative estimate of drug-likeness (QED) is 0.563. The van der Waals surface area contributed by atoms with Gasteiger partial charge in [-0.15, -0.1) is 0 Å². The number of aliphatic hydroxyl groups is 1. The lowest BCUT2D eigenvalue weighted by Crippen LogP contribution is -2.50. The van der Waals surface area contributed by atoms with E-state index in [1.165, 1.54) is 24.8 Å². The van der Waals surface area contributed by atoms with Gasteiger partial charge in [-0.1, -0.05) is 19.8 Å². The van der Waals surface area contributed by atoms with Crippen molar-refractivity contribution in [2.45, 2.75) is 108 Å². The van der Waals surface area contributed by atoms with Crippen LogP contribution in [-0.4, -0.2) is 68.3 Å². The van der Waals surface area contributed by atoms with Crippen molar-refractivity contribution in [1.82, 2.24) is 24.8 Å². The second-order valence-electron chi connectivity index (χ2n) is 11.6. The van der Waals surface area contributed by atoms with Gasteiger partial charge in [-0.3, -0.25) is 4.79 Å². The lowest BCUT2D eigenvalue weighted by Gasteiger charge is -2.35. The van der Waals surface area contributed by atoms with Crippen LogP contribution in [0.3, 0.4) is 0 Å². The van der Waals surface area contributed by atoms with Gasteiger partial charge < -0.3 is 25.2 Å². The van der Waals surface area contributed by atoms with Gasteiger partial charge >= 0.3 is 0 Å². The van der Waals surface area contributed by atoms with E-state index in [2.05, 4.69) is 33.2 Å². The van der Waals surface area contributed by atoms with Crippen molar-refractivity contribution in [3.05, 3.63) is 18.0 Å². The molecule has 8 heteroatoms. The Morgan fingerprint density at radius 1 is 1.14 bits per heavy atom. The van der Waals surface area contributed by atoms with Gasteiger partial charge in [0.2, 0.25) is 11.9 Å². The molecule has 4 heterocycles. The van der Waals surface area contributed by atoms with Crippen molar-refractivity contribution >= 4 is 22.9 Å². The van der Waals surface area contributed by atoms with Crippen LogP contribution in [0.1, 0.15) is 95.1 Å². The summed E-state index contributed by atoms with van der Waals surface area (Å²) in [6.45, 7) is 4.85. The number of rotatable bonds is 6. The van der Waals surface area contributed by atoms with Crippen molar-refractivity contribution in [2.24, 2.45) is 5.92 Å². The van der Waals surface area contributed by atoms with E-state index in [1.807, 2.05) is 6.20 Å². The zero-order valence-electron chi connectivity index (χ0n) is 21.7. The van der Waals surface area contributed by atoms with E-state index in [1.54, 1.807) is 0 Å². The summed E-state index contributed by atoms with van der Waals surface area (Å²) in [7, 11) is 0.